The van der Waals surface area contributed by atoms with Gasteiger partial charge in [-0.1, -0.05) is 0 Å². The van der Waals surface area contributed by atoms with Crippen molar-refractivity contribution in [2.75, 3.05) is 5.73 Å². The molecule has 12 heavy (non-hydrogen) atoms. The van der Waals surface area contributed by atoms with Crippen LogP contribution in [0.5, 0.6) is 0 Å². The van der Waals surface area contributed by atoms with E-state index in [-0.39, 0.29) is 5.52 Å². The van der Waals surface area contributed by atoms with Gasteiger partial charge in [0.1, 0.15) is 11.3 Å². The number of imidazole rings is 1. The van der Waals surface area contributed by atoms with Crippen molar-refractivity contribution < 1.29 is 4.39 Å². The zero-order valence-corrected chi connectivity index (χ0v) is 6.02. The lowest BCUT2D eigenvalue weighted by atomic mass is 10.2. The maximum absolute atomic E-state index is 12.9. The monoisotopic (exact) mass is 167 g/mol. The zero-order valence-electron chi connectivity index (χ0n) is 6.02. The summed E-state index contributed by atoms with van der Waals surface area (Å²) in [5, 5.41) is 0. The van der Waals surface area contributed by atoms with Crippen LogP contribution in [0, 0.1) is 5.82 Å². The normalized spacial score (nSPS) is 10.8. The Balaban J connectivity index is 3.03. The third kappa shape index (κ3) is 0.795. The summed E-state index contributed by atoms with van der Waals surface area (Å²) in [5.74, 6) is -0.488. The fourth-order valence-corrected chi connectivity index (χ4v) is 1.11. The number of aromatic nitrogens is 2. The number of fused-ring (bicyclic) bond motifs is 1. The number of nitrogens with one attached hydrogen (secondary N) is 2. The van der Waals surface area contributed by atoms with E-state index in [1.54, 1.807) is 0 Å². The number of hydrogen-bond acceptors (Lipinski definition) is 2. The predicted octanol–water partition coefficient (Wildman–Crippen LogP) is 0.578. The summed E-state index contributed by atoms with van der Waals surface area (Å²) in [7, 11) is 0. The molecule has 0 fully saturated rings. The van der Waals surface area contributed by atoms with Crippen LogP contribution in [0.15, 0.2) is 16.9 Å². The molecular weight excluding hydrogens is 161 g/mol. The van der Waals surface area contributed by atoms with Crippen molar-refractivity contribution in [2.24, 2.45) is 0 Å². The first-order chi connectivity index (χ1) is 5.68. The standard InChI is InChI=1S/C7H6FN3O/c8-3-1-2-4(9)6-5(3)10-7(12)11-6/h1-2H,9H2,(H2,10,11,12). The van der Waals surface area contributed by atoms with E-state index >= 15 is 0 Å². The van der Waals surface area contributed by atoms with Gasteiger partial charge in [-0.05, 0) is 12.1 Å². The Morgan fingerprint density at radius 2 is 1.92 bits per heavy atom. The molecule has 1 heterocycles. The first-order valence-corrected chi connectivity index (χ1v) is 3.34. The maximum Gasteiger partial charge on any atom is 0.323 e. The summed E-state index contributed by atoms with van der Waals surface area (Å²) < 4.78 is 12.9. The van der Waals surface area contributed by atoms with Crippen molar-refractivity contribution in [2.45, 2.75) is 0 Å². The molecular formula is C7H6FN3O. The number of rotatable bonds is 0. The molecule has 1 aromatic carbocycles. The predicted molar refractivity (Wildman–Crippen MR) is 43.3 cm³/mol. The Kier molecular flexibility index (Phi) is 1.21. The fourth-order valence-electron chi connectivity index (χ4n) is 1.11. The molecule has 0 radical (unpaired) electrons. The number of anilines is 1. The summed E-state index contributed by atoms with van der Waals surface area (Å²) in [6, 6.07) is 2.61. The van der Waals surface area contributed by atoms with Crippen LogP contribution >= 0.6 is 0 Å². The minimum absolute atomic E-state index is 0.125. The average molecular weight is 167 g/mol. The summed E-state index contributed by atoms with van der Waals surface area (Å²) in [4.78, 5) is 15.5. The zero-order chi connectivity index (χ0) is 8.72. The van der Waals surface area contributed by atoms with Crippen molar-refractivity contribution in [3.8, 4) is 0 Å². The van der Waals surface area contributed by atoms with Crippen LogP contribution in [-0.2, 0) is 0 Å². The van der Waals surface area contributed by atoms with E-state index in [0.29, 0.717) is 11.2 Å². The number of nitrogen functional groups attached to an aromatic ring is 1. The van der Waals surface area contributed by atoms with Crippen LogP contribution in [0.1, 0.15) is 0 Å². The second kappa shape index (κ2) is 2.10. The number of aromatic amines is 2. The number of hydrogen-bond donors (Lipinski definition) is 3. The molecule has 0 bridgehead atoms. The van der Waals surface area contributed by atoms with E-state index in [1.807, 2.05) is 0 Å². The van der Waals surface area contributed by atoms with E-state index < -0.39 is 11.5 Å². The Labute approximate surface area is 66.2 Å². The molecule has 5 heteroatoms. The Morgan fingerprint density at radius 3 is 2.58 bits per heavy atom. The van der Waals surface area contributed by atoms with Gasteiger partial charge in [-0.15, -0.1) is 0 Å². The minimum Gasteiger partial charge on any atom is -0.397 e. The van der Waals surface area contributed by atoms with Gasteiger partial charge in [0.15, 0.2) is 0 Å². The van der Waals surface area contributed by atoms with Gasteiger partial charge in [-0.2, -0.15) is 0 Å². The van der Waals surface area contributed by atoms with Gasteiger partial charge in [0.25, 0.3) is 0 Å². The van der Waals surface area contributed by atoms with Gasteiger partial charge >= 0.3 is 5.69 Å². The molecule has 4 nitrogen and oxygen atoms in total. The van der Waals surface area contributed by atoms with E-state index in [9.17, 15) is 9.18 Å². The second-order valence-corrected chi connectivity index (χ2v) is 2.47. The van der Waals surface area contributed by atoms with Crippen LogP contribution in [0.25, 0.3) is 11.0 Å². The number of benzene rings is 1. The molecule has 0 spiro atoms. The van der Waals surface area contributed by atoms with Crippen LogP contribution < -0.4 is 11.4 Å². The molecule has 0 saturated heterocycles. The third-order valence-electron chi connectivity index (χ3n) is 1.66. The van der Waals surface area contributed by atoms with Gasteiger partial charge in [-0.25, -0.2) is 9.18 Å². The second-order valence-electron chi connectivity index (χ2n) is 2.47. The van der Waals surface area contributed by atoms with Crippen LogP contribution in [-0.4, -0.2) is 9.97 Å². The molecule has 0 amide bonds. The maximum atomic E-state index is 12.9. The molecule has 0 saturated carbocycles. The van der Waals surface area contributed by atoms with Gasteiger partial charge in [0.05, 0.1) is 11.2 Å². The quantitative estimate of drug-likeness (QED) is 0.502. The molecule has 1 aromatic heterocycles. The highest BCUT2D eigenvalue weighted by Crippen LogP contribution is 2.17. The highest BCUT2D eigenvalue weighted by atomic mass is 19.1. The molecule has 4 N–H and O–H groups in total. The molecule has 2 rings (SSSR count). The molecule has 0 atom stereocenters. The highest BCUT2D eigenvalue weighted by molar-refractivity contribution is 5.86. The third-order valence-corrected chi connectivity index (χ3v) is 1.66. The molecule has 0 aliphatic heterocycles. The molecule has 2 aromatic rings. The van der Waals surface area contributed by atoms with Crippen molar-refractivity contribution >= 4 is 16.7 Å². The lowest BCUT2D eigenvalue weighted by molar-refractivity contribution is 0.637. The average Bonchev–Trinajstić information content (AvgIpc) is 2.41. The van der Waals surface area contributed by atoms with Crippen LogP contribution in [0.2, 0.25) is 0 Å². The highest BCUT2D eigenvalue weighted by Gasteiger charge is 2.05. The van der Waals surface area contributed by atoms with Gasteiger partial charge in [0.2, 0.25) is 0 Å². The Bertz CT molecular complexity index is 443. The van der Waals surface area contributed by atoms with Gasteiger partial charge < -0.3 is 15.7 Å². The van der Waals surface area contributed by atoms with Crippen molar-refractivity contribution in [3.05, 3.63) is 28.4 Å². The smallest absolute Gasteiger partial charge is 0.323 e. The van der Waals surface area contributed by atoms with Gasteiger partial charge in [-0.3, -0.25) is 0 Å². The van der Waals surface area contributed by atoms with Crippen LogP contribution in [0.4, 0.5) is 10.1 Å². The molecule has 0 aliphatic rings. The molecule has 62 valence electrons. The van der Waals surface area contributed by atoms with Gasteiger partial charge in [0, 0.05) is 0 Å². The largest absolute Gasteiger partial charge is 0.397 e. The Morgan fingerprint density at radius 1 is 1.25 bits per heavy atom. The summed E-state index contributed by atoms with van der Waals surface area (Å²) in [6.07, 6.45) is 0. The topological polar surface area (TPSA) is 74.7 Å². The van der Waals surface area contributed by atoms with E-state index in [1.165, 1.54) is 12.1 Å². The SMILES string of the molecule is Nc1ccc(F)c2[nH]c(=O)[nH]c12. The number of nitrogens with two attached hydrogens (primary N) is 1. The molecule has 0 unspecified atom stereocenters. The van der Waals surface area contributed by atoms with Crippen molar-refractivity contribution in [1.82, 2.24) is 9.97 Å². The summed E-state index contributed by atoms with van der Waals surface area (Å²) in [5.41, 5.74) is 5.82. The lowest BCUT2D eigenvalue weighted by Gasteiger charge is -1.94. The Hall–Kier alpha value is -1.78. The summed E-state index contributed by atoms with van der Waals surface area (Å²) >= 11 is 0. The molecule has 0 aliphatic carbocycles. The number of halogens is 1. The van der Waals surface area contributed by atoms with E-state index in [0.717, 1.165) is 0 Å². The first-order valence-electron chi connectivity index (χ1n) is 3.34. The van der Waals surface area contributed by atoms with Crippen molar-refractivity contribution in [3.63, 3.8) is 0 Å². The summed E-state index contributed by atoms with van der Waals surface area (Å²) in [6.45, 7) is 0. The lowest BCUT2D eigenvalue weighted by Crippen LogP contribution is -1.99. The minimum atomic E-state index is -0.488. The van der Waals surface area contributed by atoms with E-state index in [2.05, 4.69) is 9.97 Å². The number of H-pyrrole nitrogens is 2. The fraction of sp³-hybridized carbons (Fsp3) is 0. The van der Waals surface area contributed by atoms with Crippen molar-refractivity contribution in [1.29, 1.82) is 0 Å². The first kappa shape index (κ1) is 6.90. The van der Waals surface area contributed by atoms with E-state index in [4.69, 9.17) is 5.73 Å². The van der Waals surface area contributed by atoms with Crippen LogP contribution in [0.3, 0.4) is 0 Å².